The van der Waals surface area contributed by atoms with Crippen LogP contribution in [0.15, 0.2) is 78.7 Å². The number of likely N-dealkylation sites (tertiary alicyclic amines) is 2. The Bertz CT molecular complexity index is 3080. The van der Waals surface area contributed by atoms with Gasteiger partial charge in [0.05, 0.1) is 55.5 Å². The first-order valence-electron chi connectivity index (χ1n) is 26.6. The summed E-state index contributed by atoms with van der Waals surface area (Å²) < 4.78 is 12.7. The van der Waals surface area contributed by atoms with E-state index in [0.29, 0.717) is 48.4 Å². The summed E-state index contributed by atoms with van der Waals surface area (Å²) in [6.45, 7) is 11.9. The minimum Gasteiger partial charge on any atom is -0.491 e. The maximum Gasteiger partial charge on any atom is 0.411 e. The molecule has 20 heteroatoms. The Morgan fingerprint density at radius 1 is 0.831 bits per heavy atom. The number of hydrogen-bond acceptors (Lipinski definition) is 15. The standard InChI is InChI=1S/C57H68N10O8S2/c1-34-46(63-56(73)75-43-11-7-6-8-12-43)25-40(30-59-34)39-17-18-45-48(26-39)77-55(62-45)65-51(69)38-10-9-20-66(21-19-38)22-23-74-44-24-41(29-58-31-44)52(70)64-50(57(3,4)5)54(72)67-32-42(68)27-47(67)53(71)60-28-36-13-15-37(16-14-36)49-35(2)61-33-76-49/h13-18,24-26,29-31,33,38,42-43,47,50,68H,6-12,19-23,27-28,32H2,1-5H3,(H,60,71)(H,63,73)(H,64,70)(H,62,65,69)/t38?,42-,47+,50-/m1/s1. The number of carbonyl (C=O) groups is 5. The van der Waals surface area contributed by atoms with E-state index in [1.807, 2.05) is 88.7 Å². The molecule has 406 valence electrons. The Morgan fingerprint density at radius 3 is 2.39 bits per heavy atom. The first-order chi connectivity index (χ1) is 37.0. The molecule has 18 nitrogen and oxygen atoms in total. The van der Waals surface area contributed by atoms with Crippen molar-refractivity contribution in [3.05, 3.63) is 101 Å². The molecule has 2 aliphatic heterocycles. The number of pyridine rings is 2. The minimum absolute atomic E-state index is 0.0405. The molecule has 4 aromatic heterocycles. The zero-order valence-corrected chi connectivity index (χ0v) is 45.9. The van der Waals surface area contributed by atoms with Crippen LogP contribution in [0.1, 0.15) is 106 Å². The number of aryl methyl sites for hydroxylation is 2. The summed E-state index contributed by atoms with van der Waals surface area (Å²) in [6, 6.07) is 15.3. The molecule has 5 amide bonds. The summed E-state index contributed by atoms with van der Waals surface area (Å²) in [7, 11) is 0. The predicted molar refractivity (Wildman–Crippen MR) is 298 cm³/mol. The molecule has 0 bridgehead atoms. The van der Waals surface area contributed by atoms with Gasteiger partial charge in [0, 0.05) is 49.9 Å². The topological polar surface area (TPSA) is 230 Å². The number of hydrogen-bond donors (Lipinski definition) is 5. The number of fused-ring (bicyclic) bond motifs is 1. The lowest BCUT2D eigenvalue weighted by atomic mass is 9.85. The van der Waals surface area contributed by atoms with E-state index in [1.54, 1.807) is 23.6 Å². The number of rotatable bonds is 16. The summed E-state index contributed by atoms with van der Waals surface area (Å²) in [6.07, 6.45) is 10.7. The highest BCUT2D eigenvalue weighted by Crippen LogP contribution is 2.34. The lowest BCUT2D eigenvalue weighted by Gasteiger charge is -2.35. The molecular weight excluding hydrogens is 1020 g/mol. The van der Waals surface area contributed by atoms with E-state index in [2.05, 4.69) is 41.1 Å². The maximum atomic E-state index is 14.3. The van der Waals surface area contributed by atoms with Crippen molar-refractivity contribution >= 4 is 73.4 Å². The third kappa shape index (κ3) is 14.0. The number of aromatic nitrogens is 4. The van der Waals surface area contributed by atoms with Gasteiger partial charge in [-0.15, -0.1) is 11.3 Å². The fourth-order valence-electron chi connectivity index (χ4n) is 10.2. The third-order valence-corrected chi connectivity index (χ3v) is 16.5. The fraction of sp³-hybridized carbons (Fsp3) is 0.456. The molecule has 1 aliphatic carbocycles. The Labute approximate surface area is 456 Å². The number of aliphatic hydroxyl groups is 1. The van der Waals surface area contributed by atoms with Crippen LogP contribution >= 0.6 is 22.7 Å². The van der Waals surface area contributed by atoms with Gasteiger partial charge >= 0.3 is 6.09 Å². The van der Waals surface area contributed by atoms with E-state index in [9.17, 15) is 29.1 Å². The monoisotopic (exact) mass is 1080 g/mol. The van der Waals surface area contributed by atoms with Gasteiger partial charge in [-0.3, -0.25) is 39.4 Å². The summed E-state index contributed by atoms with van der Waals surface area (Å²) in [5, 5.41) is 23.1. The van der Waals surface area contributed by atoms with Crippen LogP contribution in [0.5, 0.6) is 5.75 Å². The van der Waals surface area contributed by atoms with Crippen LogP contribution in [0.3, 0.4) is 0 Å². The zero-order valence-electron chi connectivity index (χ0n) is 44.3. The molecule has 77 heavy (non-hydrogen) atoms. The Balaban J connectivity index is 0.734. The average Bonchev–Trinajstić information content (AvgIpc) is 4.10. The lowest BCUT2D eigenvalue weighted by Crippen LogP contribution is -2.57. The summed E-state index contributed by atoms with van der Waals surface area (Å²) in [4.78, 5) is 90.6. The van der Waals surface area contributed by atoms with Crippen molar-refractivity contribution < 1.29 is 38.6 Å². The Hall–Kier alpha value is -6.87. The molecule has 1 saturated carbocycles. The molecule has 1 unspecified atom stereocenters. The van der Waals surface area contributed by atoms with Crippen LogP contribution in [0, 0.1) is 25.2 Å². The van der Waals surface area contributed by atoms with Crippen LogP contribution in [0.2, 0.25) is 0 Å². The van der Waals surface area contributed by atoms with Crippen molar-refractivity contribution in [3.63, 3.8) is 0 Å². The van der Waals surface area contributed by atoms with Crippen LogP contribution < -0.4 is 26.0 Å². The average molecular weight is 1090 g/mol. The van der Waals surface area contributed by atoms with Gasteiger partial charge in [-0.25, -0.2) is 14.8 Å². The normalized spacial score (nSPS) is 18.8. The molecule has 0 spiro atoms. The number of thiazole rings is 2. The molecule has 4 atom stereocenters. The number of aliphatic hydroxyl groups excluding tert-OH is 1. The summed E-state index contributed by atoms with van der Waals surface area (Å²) >= 11 is 2.98. The number of amides is 5. The molecule has 2 saturated heterocycles. The fourth-order valence-corrected chi connectivity index (χ4v) is 11.9. The number of β-amino-alcohol motifs (C(OH)–C–C–N with tert-alkyl or cyclic N) is 1. The highest BCUT2D eigenvalue weighted by Gasteiger charge is 2.44. The van der Waals surface area contributed by atoms with Crippen LogP contribution in [0.4, 0.5) is 15.6 Å². The van der Waals surface area contributed by atoms with E-state index in [1.165, 1.54) is 35.1 Å². The van der Waals surface area contributed by atoms with Crippen molar-refractivity contribution in [3.8, 4) is 27.3 Å². The largest absolute Gasteiger partial charge is 0.491 e. The number of benzene rings is 2. The molecule has 9 rings (SSSR count). The number of carbonyl (C=O) groups excluding carboxylic acids is 5. The van der Waals surface area contributed by atoms with E-state index >= 15 is 0 Å². The lowest BCUT2D eigenvalue weighted by molar-refractivity contribution is -0.142. The number of anilines is 2. The molecular formula is C57H68N10O8S2. The number of nitrogens with one attached hydrogen (secondary N) is 4. The first-order valence-corrected chi connectivity index (χ1v) is 28.3. The minimum atomic E-state index is -1.03. The van der Waals surface area contributed by atoms with Gasteiger partial charge < -0.3 is 35.4 Å². The molecule has 6 aromatic rings. The summed E-state index contributed by atoms with van der Waals surface area (Å²) in [5.41, 5.74) is 7.95. The Kier molecular flexibility index (Phi) is 17.6. The molecule has 6 heterocycles. The quantitative estimate of drug-likeness (QED) is 0.0610. The van der Waals surface area contributed by atoms with Crippen molar-refractivity contribution in [2.45, 2.75) is 123 Å². The van der Waals surface area contributed by atoms with Crippen molar-refractivity contribution in [2.24, 2.45) is 11.3 Å². The van der Waals surface area contributed by atoms with Gasteiger partial charge in [0.15, 0.2) is 5.13 Å². The van der Waals surface area contributed by atoms with E-state index < -0.39 is 41.5 Å². The van der Waals surface area contributed by atoms with Crippen molar-refractivity contribution in [1.29, 1.82) is 0 Å². The van der Waals surface area contributed by atoms with Gasteiger partial charge in [-0.05, 0) is 118 Å². The smallest absolute Gasteiger partial charge is 0.411 e. The maximum absolute atomic E-state index is 14.3. The van der Waals surface area contributed by atoms with Crippen molar-refractivity contribution in [2.75, 3.05) is 43.4 Å². The number of ether oxygens (including phenoxy) is 2. The van der Waals surface area contributed by atoms with Gasteiger partial charge in [0.1, 0.15) is 30.5 Å². The third-order valence-electron chi connectivity index (χ3n) is 14.6. The second kappa shape index (κ2) is 24.6. The summed E-state index contributed by atoms with van der Waals surface area (Å²) in [5.74, 6) is -1.23. The molecule has 3 aliphatic rings. The van der Waals surface area contributed by atoms with Crippen LogP contribution in [-0.2, 0) is 25.7 Å². The van der Waals surface area contributed by atoms with E-state index in [0.717, 1.165) is 88.1 Å². The van der Waals surface area contributed by atoms with Gasteiger partial charge in [-0.2, -0.15) is 0 Å². The molecule has 0 radical (unpaired) electrons. The second-order valence-electron chi connectivity index (χ2n) is 21.4. The predicted octanol–water partition coefficient (Wildman–Crippen LogP) is 8.92. The van der Waals surface area contributed by atoms with Gasteiger partial charge in [-0.1, -0.05) is 68.9 Å². The molecule has 5 N–H and O–H groups in total. The SMILES string of the molecule is Cc1ncc(-c2ccc3nc(NC(=O)C4CCCN(CCOc5cncc(C(=O)N[C@H](C(=O)N6C[C@H](O)C[C@H]6C(=O)NCc6ccc(-c7scnc7C)cc6)C(C)(C)C)c5)CC4)sc3c2)cc1NC(=O)OC1CCCCC1. The molecule has 2 aromatic carbocycles. The van der Waals surface area contributed by atoms with Crippen molar-refractivity contribution in [1.82, 2.24) is 40.4 Å². The first kappa shape index (κ1) is 54.9. The zero-order chi connectivity index (χ0) is 54.2. The van der Waals surface area contributed by atoms with Gasteiger partial charge in [0.25, 0.3) is 5.91 Å². The highest BCUT2D eigenvalue weighted by atomic mass is 32.1. The highest BCUT2D eigenvalue weighted by molar-refractivity contribution is 7.22. The molecule has 3 fully saturated rings. The van der Waals surface area contributed by atoms with Crippen LogP contribution in [-0.4, -0.2) is 122 Å². The number of nitrogens with zero attached hydrogens (tertiary/aromatic N) is 6. The van der Waals surface area contributed by atoms with Gasteiger partial charge in [0.2, 0.25) is 17.7 Å². The Morgan fingerprint density at radius 2 is 1.62 bits per heavy atom. The second-order valence-corrected chi connectivity index (χ2v) is 23.3. The van der Waals surface area contributed by atoms with E-state index in [4.69, 9.17) is 14.5 Å². The van der Waals surface area contributed by atoms with Crippen LogP contribution in [0.25, 0.3) is 31.8 Å². The van der Waals surface area contributed by atoms with E-state index in [-0.39, 0.29) is 48.9 Å².